The smallest absolute Gasteiger partial charge is 0.337 e. The van der Waals surface area contributed by atoms with E-state index in [1.165, 1.54) is 7.11 Å². The number of ether oxygens (including phenoxy) is 3. The fourth-order valence-corrected chi connectivity index (χ4v) is 4.75. The second-order valence-electron chi connectivity index (χ2n) is 8.58. The molecule has 0 radical (unpaired) electrons. The lowest BCUT2D eigenvalue weighted by molar-refractivity contribution is 0.0600. The topological polar surface area (TPSA) is 82.0 Å². The second kappa shape index (κ2) is 10.1. The normalized spacial score (nSPS) is 14.1. The Hall–Kier alpha value is -4.72. The molecule has 2 amide bonds. The number of methoxy groups -OCH3 is 3. The summed E-state index contributed by atoms with van der Waals surface area (Å²) in [6.07, 6.45) is 2.00. The molecule has 37 heavy (non-hydrogen) atoms. The SMILES string of the molecule is COC(=O)c1cccc(NC(=O)N2Cc3ccccc3-n3cccc3C2c2ccc(OC)c(OC)c2)c1. The van der Waals surface area contributed by atoms with Crippen LogP contribution in [-0.4, -0.2) is 42.8 Å². The number of amides is 2. The molecule has 0 aliphatic carbocycles. The van der Waals surface area contributed by atoms with E-state index in [1.54, 1.807) is 43.4 Å². The number of hydrogen-bond acceptors (Lipinski definition) is 5. The zero-order chi connectivity index (χ0) is 25.9. The van der Waals surface area contributed by atoms with E-state index in [0.717, 1.165) is 22.5 Å². The van der Waals surface area contributed by atoms with Crippen LogP contribution in [0.3, 0.4) is 0 Å². The van der Waals surface area contributed by atoms with Gasteiger partial charge < -0.3 is 29.0 Å². The Balaban J connectivity index is 1.61. The molecule has 1 aromatic heterocycles. The molecule has 3 aromatic carbocycles. The second-order valence-corrected chi connectivity index (χ2v) is 8.58. The maximum Gasteiger partial charge on any atom is 0.337 e. The van der Waals surface area contributed by atoms with Crippen LogP contribution in [0, 0.1) is 0 Å². The number of aromatic nitrogens is 1. The van der Waals surface area contributed by atoms with Crippen molar-refractivity contribution in [3.05, 3.63) is 107 Å². The van der Waals surface area contributed by atoms with E-state index in [9.17, 15) is 9.59 Å². The van der Waals surface area contributed by atoms with Gasteiger partial charge in [0, 0.05) is 17.6 Å². The minimum Gasteiger partial charge on any atom is -0.493 e. The van der Waals surface area contributed by atoms with Crippen molar-refractivity contribution in [3.63, 3.8) is 0 Å². The highest BCUT2D eigenvalue weighted by Crippen LogP contribution is 2.39. The maximum atomic E-state index is 13.9. The minimum atomic E-state index is -0.471. The summed E-state index contributed by atoms with van der Waals surface area (Å²) >= 11 is 0. The van der Waals surface area contributed by atoms with E-state index >= 15 is 0 Å². The third-order valence-corrected chi connectivity index (χ3v) is 6.48. The molecule has 0 saturated heterocycles. The van der Waals surface area contributed by atoms with Gasteiger partial charge in [0.15, 0.2) is 11.5 Å². The first kappa shape index (κ1) is 24.0. The Bertz CT molecular complexity index is 1460. The van der Waals surface area contributed by atoms with E-state index in [0.29, 0.717) is 29.3 Å². The largest absolute Gasteiger partial charge is 0.493 e. The molecule has 4 aromatic rings. The summed E-state index contributed by atoms with van der Waals surface area (Å²) in [6, 6.07) is 23.6. The highest BCUT2D eigenvalue weighted by Gasteiger charge is 2.33. The van der Waals surface area contributed by atoms with Gasteiger partial charge in [-0.25, -0.2) is 9.59 Å². The number of urea groups is 1. The van der Waals surface area contributed by atoms with Gasteiger partial charge in [0.05, 0.1) is 45.2 Å². The number of anilines is 1. The Morgan fingerprint density at radius 1 is 0.865 bits per heavy atom. The number of rotatable bonds is 5. The molecular formula is C29H27N3O5. The van der Waals surface area contributed by atoms with Crippen LogP contribution < -0.4 is 14.8 Å². The van der Waals surface area contributed by atoms with Gasteiger partial charge >= 0.3 is 12.0 Å². The highest BCUT2D eigenvalue weighted by molar-refractivity contribution is 5.94. The molecule has 0 saturated carbocycles. The van der Waals surface area contributed by atoms with Gasteiger partial charge in [-0.1, -0.05) is 30.3 Å². The van der Waals surface area contributed by atoms with Crippen LogP contribution in [0.25, 0.3) is 5.69 Å². The maximum absolute atomic E-state index is 13.9. The van der Waals surface area contributed by atoms with Gasteiger partial charge in [0.25, 0.3) is 0 Å². The molecule has 1 N–H and O–H groups in total. The lowest BCUT2D eigenvalue weighted by atomic mass is 10.0. The van der Waals surface area contributed by atoms with Crippen LogP contribution >= 0.6 is 0 Å². The van der Waals surface area contributed by atoms with Gasteiger partial charge in [0.1, 0.15) is 0 Å². The van der Waals surface area contributed by atoms with Gasteiger partial charge in [-0.15, -0.1) is 0 Å². The Morgan fingerprint density at radius 3 is 2.46 bits per heavy atom. The molecular weight excluding hydrogens is 470 g/mol. The molecule has 0 bridgehead atoms. The van der Waals surface area contributed by atoms with Crippen molar-refractivity contribution in [1.29, 1.82) is 0 Å². The zero-order valence-electron chi connectivity index (χ0n) is 20.8. The summed E-state index contributed by atoms with van der Waals surface area (Å²) in [5.41, 5.74) is 4.65. The number of benzene rings is 3. The summed E-state index contributed by atoms with van der Waals surface area (Å²) in [5.74, 6) is 0.709. The van der Waals surface area contributed by atoms with Crippen molar-refractivity contribution >= 4 is 17.7 Å². The van der Waals surface area contributed by atoms with Gasteiger partial charge in [-0.2, -0.15) is 0 Å². The van der Waals surface area contributed by atoms with E-state index in [2.05, 4.69) is 9.88 Å². The predicted molar refractivity (Wildman–Crippen MR) is 140 cm³/mol. The molecule has 0 spiro atoms. The van der Waals surface area contributed by atoms with E-state index in [1.807, 2.05) is 60.8 Å². The standard InChI is InChI=1S/C29H27N3O5/c1-35-25-14-13-19(17-26(25)36-2)27-24-12-7-15-31(24)23-11-5-4-8-21(23)18-32(27)29(34)30-22-10-6-9-20(16-22)28(33)37-3/h4-17,27H,18H2,1-3H3,(H,30,34). The zero-order valence-corrected chi connectivity index (χ0v) is 20.8. The van der Waals surface area contributed by atoms with Crippen molar-refractivity contribution in [2.24, 2.45) is 0 Å². The van der Waals surface area contributed by atoms with Crippen LogP contribution in [0.4, 0.5) is 10.5 Å². The Morgan fingerprint density at radius 2 is 1.68 bits per heavy atom. The molecule has 8 nitrogen and oxygen atoms in total. The number of carbonyl (C=O) groups is 2. The molecule has 5 rings (SSSR count). The molecule has 1 unspecified atom stereocenters. The molecule has 188 valence electrons. The quantitative estimate of drug-likeness (QED) is 0.373. The van der Waals surface area contributed by atoms with Crippen molar-refractivity contribution in [2.45, 2.75) is 12.6 Å². The fraction of sp³-hybridized carbons (Fsp3) is 0.172. The number of esters is 1. The lowest BCUT2D eigenvalue weighted by Crippen LogP contribution is -2.38. The van der Waals surface area contributed by atoms with Crippen LogP contribution in [0.15, 0.2) is 85.1 Å². The van der Waals surface area contributed by atoms with Crippen LogP contribution in [0.5, 0.6) is 11.5 Å². The number of hydrogen-bond donors (Lipinski definition) is 1. The number of para-hydroxylation sites is 1. The molecule has 1 aliphatic heterocycles. The first-order valence-electron chi connectivity index (χ1n) is 11.8. The summed E-state index contributed by atoms with van der Waals surface area (Å²) in [4.78, 5) is 27.7. The highest BCUT2D eigenvalue weighted by atomic mass is 16.5. The summed E-state index contributed by atoms with van der Waals surface area (Å²) in [6.45, 7) is 0.361. The van der Waals surface area contributed by atoms with Gasteiger partial charge in [-0.05, 0) is 59.7 Å². The average molecular weight is 498 g/mol. The monoisotopic (exact) mass is 497 g/mol. The molecule has 1 aliphatic rings. The van der Waals surface area contributed by atoms with Crippen molar-refractivity contribution in [3.8, 4) is 17.2 Å². The lowest BCUT2D eigenvalue weighted by Gasteiger charge is -2.31. The van der Waals surface area contributed by atoms with E-state index < -0.39 is 12.0 Å². The fourth-order valence-electron chi connectivity index (χ4n) is 4.75. The van der Waals surface area contributed by atoms with Crippen molar-refractivity contribution in [2.75, 3.05) is 26.6 Å². The third kappa shape index (κ3) is 4.49. The van der Waals surface area contributed by atoms with E-state index in [4.69, 9.17) is 14.2 Å². The van der Waals surface area contributed by atoms with Gasteiger partial charge in [0.2, 0.25) is 0 Å². The number of nitrogens with one attached hydrogen (secondary N) is 1. The third-order valence-electron chi connectivity index (χ3n) is 6.48. The number of nitrogens with zero attached hydrogens (tertiary/aromatic N) is 2. The summed E-state index contributed by atoms with van der Waals surface area (Å²) in [7, 11) is 4.50. The molecule has 8 heteroatoms. The minimum absolute atomic E-state index is 0.314. The first-order chi connectivity index (χ1) is 18.0. The van der Waals surface area contributed by atoms with Crippen LogP contribution in [-0.2, 0) is 11.3 Å². The van der Waals surface area contributed by atoms with Crippen molar-refractivity contribution in [1.82, 2.24) is 9.47 Å². The van der Waals surface area contributed by atoms with E-state index in [-0.39, 0.29) is 6.03 Å². The van der Waals surface area contributed by atoms with Crippen LogP contribution in [0.2, 0.25) is 0 Å². The van der Waals surface area contributed by atoms with Crippen molar-refractivity contribution < 1.29 is 23.8 Å². The predicted octanol–water partition coefficient (Wildman–Crippen LogP) is 5.42. The average Bonchev–Trinajstić information content (AvgIpc) is 3.36. The molecule has 1 atom stereocenters. The van der Waals surface area contributed by atoms with Gasteiger partial charge in [-0.3, -0.25) is 0 Å². The van der Waals surface area contributed by atoms with Crippen LogP contribution in [0.1, 0.15) is 33.2 Å². The number of carbonyl (C=O) groups excluding carboxylic acids is 2. The number of fused-ring (bicyclic) bond motifs is 3. The first-order valence-corrected chi connectivity index (χ1v) is 11.8. The molecule has 2 heterocycles. The summed E-state index contributed by atoms with van der Waals surface area (Å²) in [5, 5.41) is 2.98. The molecule has 0 fully saturated rings. The Kier molecular flexibility index (Phi) is 6.55. The summed E-state index contributed by atoms with van der Waals surface area (Å²) < 4.78 is 18.0. The Labute approximate surface area is 215 Å².